The molecule has 9 aromatic carbocycles. The first kappa shape index (κ1) is 142. The van der Waals surface area contributed by atoms with E-state index in [0.717, 1.165) is 157 Å². The minimum absolute atomic E-state index is 0. The van der Waals surface area contributed by atoms with Gasteiger partial charge in [0.15, 0.2) is 0 Å². The van der Waals surface area contributed by atoms with E-state index in [-0.39, 0.29) is 86.1 Å². The molecule has 5 saturated heterocycles. The lowest BCUT2D eigenvalue weighted by atomic mass is 9.83. The molecule has 838 valence electrons. The molecule has 9 aromatic rings. The number of aliphatic hydroxyl groups is 2. The predicted octanol–water partition coefficient (Wildman–Crippen LogP) is 32.7. The van der Waals surface area contributed by atoms with Gasteiger partial charge in [-0.25, -0.2) is 31.5 Å². The van der Waals surface area contributed by atoms with Crippen molar-refractivity contribution in [2.45, 2.75) is 334 Å². The van der Waals surface area contributed by atoms with Gasteiger partial charge in [0.2, 0.25) is 0 Å². The number of rotatable bonds is 21. The molecule has 16 nitrogen and oxygen atoms in total. The standard InChI is InChI=1S/C25H37FN2OSi2.C20H24FNO.C19H21FN2.C13H21BrFNSi2.C12H15NO.C10H18O5.C7H7BrFN.C6H16Cl2Si2.6CH4.ClH/c1-30(2)16-17-31(3,4)28(30)20-22-10-11-24(26)23(18-22)25(29)12-14-27(15-13-25)19-21-8-6-5-7-9-21;1-2-16-8-9-19(21)18(14-16)20(23)10-12-22(13-11-20)15-17-6-4-3-5-7-17;20-19-7-6-16(13-21)12-18(19)17-8-10-22(11-9-17)14-15-4-2-1-3-5-15;1-17(2)7-8-18(3,4)16(17)10-11-5-6-13(15)12(14)9-11;14-12-6-8-13(9-7-12)10-11-4-2-1-3-5-11;1-9(2,3)14-7(11)13-8(12)15-10(4,5)6;8-6-3-5(4-10)1-2-7(6)9;1-9(2,7)5-6-10(3,4)8;;;;;;;/h5-11,18,29H,12-17,19-20H2,1-4H3;3-9,14,23H,2,10-13,15H2,1H3;1-8,12H,9-11,13-14,21H2;5-6,9H,7-8,10H2,1-4H3;1-5H,6-10H2;1-6H3;1-3H,4,10H2;5-6H2,1-4H3;6*1H4;1H. The minimum atomic E-state index is -1.39. The molecule has 6 aliphatic rings. The van der Waals surface area contributed by atoms with Gasteiger partial charge in [0.05, 0.1) is 20.1 Å². The van der Waals surface area contributed by atoms with Crippen molar-refractivity contribution >= 4 is 138 Å². The van der Waals surface area contributed by atoms with Crippen molar-refractivity contribution in [2.75, 3.05) is 52.4 Å². The molecule has 0 amide bonds. The Labute approximate surface area is 940 Å². The van der Waals surface area contributed by atoms with Gasteiger partial charge in [-0.2, -0.15) is 22.2 Å². The third-order valence-corrected chi connectivity index (χ3v) is 53.3. The van der Waals surface area contributed by atoms with Crippen molar-refractivity contribution in [1.82, 2.24) is 28.1 Å². The molecule has 150 heavy (non-hydrogen) atoms. The monoisotopic (exact) mass is 2370 g/mol. The number of ether oxygens (including phenoxy) is 3. The zero-order valence-electron chi connectivity index (χ0n) is 88.5. The molecule has 6 aliphatic heterocycles. The molecule has 0 aliphatic carbocycles. The summed E-state index contributed by atoms with van der Waals surface area (Å²) in [4.78, 5) is 42.5. The summed E-state index contributed by atoms with van der Waals surface area (Å²) in [7, 11) is -7.94. The first-order valence-corrected chi connectivity index (χ1v) is 73.0. The number of hydrogen-bond acceptors (Lipinski definition) is 16. The van der Waals surface area contributed by atoms with E-state index in [2.05, 4.69) is 234 Å². The minimum Gasteiger partial charge on any atom is -0.428 e. The lowest BCUT2D eigenvalue weighted by Crippen LogP contribution is -2.54. The number of halogens is 10. The van der Waals surface area contributed by atoms with Crippen LogP contribution in [0.5, 0.6) is 0 Å². The van der Waals surface area contributed by atoms with Gasteiger partial charge >= 0.3 is 12.3 Å². The number of aryl methyl sites for hydroxylation is 1. The Hall–Kier alpha value is -6.49. The lowest BCUT2D eigenvalue weighted by Gasteiger charge is -2.40. The van der Waals surface area contributed by atoms with Gasteiger partial charge in [-0.3, -0.25) is 24.4 Å². The van der Waals surface area contributed by atoms with E-state index >= 15 is 0 Å². The second-order valence-corrected chi connectivity index (χ2v) is 79.5. The zero-order chi connectivity index (χ0) is 106. The van der Waals surface area contributed by atoms with Gasteiger partial charge in [-0.15, -0.1) is 12.4 Å². The summed E-state index contributed by atoms with van der Waals surface area (Å²) in [6.07, 6.45) is 5.50. The SMILES string of the molecule is C.C.C.C.C.C.CC(C)(C)OC(=O)OC(=O)OC(C)(C)C.CCc1ccc(F)c(C2(O)CCN(Cc3ccccc3)CC2)c1.C[Si](C)(Cl)CC[Si](C)(C)Cl.C[Si]1(C)CC[Si](C)(C)N1Cc1ccc(F)c(Br)c1.C[Si]1(C)CC[Si](C)(C)N1Cc1ccc(F)c(C2(O)CCN(Cc3ccccc3)CC2)c1.Cl.NCc1ccc(F)c(Br)c1.NCc1ccc(F)c(C2=CCN(Cc3ccccc3)CC2)c1.O=C1CCN(Cc2ccccc2)CC1. The second-order valence-electron chi connectivity index (χ2n) is 44.2. The van der Waals surface area contributed by atoms with Gasteiger partial charge in [0, 0.05) is 134 Å². The second kappa shape index (κ2) is 65.0. The number of carbonyl (C=O) groups is 3. The highest BCUT2D eigenvalue weighted by Gasteiger charge is 2.49. The van der Waals surface area contributed by atoms with Crippen LogP contribution in [-0.4, -0.2) is 168 Å². The van der Waals surface area contributed by atoms with Crippen LogP contribution in [0.1, 0.15) is 205 Å². The highest BCUT2D eigenvalue weighted by atomic mass is 79.9. The van der Waals surface area contributed by atoms with Crippen LogP contribution >= 0.6 is 66.4 Å². The van der Waals surface area contributed by atoms with E-state index in [0.29, 0.717) is 70.2 Å². The van der Waals surface area contributed by atoms with Crippen molar-refractivity contribution in [1.29, 1.82) is 0 Å². The van der Waals surface area contributed by atoms with Crippen molar-refractivity contribution in [3.63, 3.8) is 0 Å². The molecule has 0 saturated carbocycles. The molecule has 6 N–H and O–H groups in total. The number of likely N-dealkylation sites (tertiary alicyclic amines) is 3. The van der Waals surface area contributed by atoms with Crippen LogP contribution < -0.4 is 11.5 Å². The summed E-state index contributed by atoms with van der Waals surface area (Å²) in [6, 6.07) is 75.4. The maximum absolute atomic E-state index is 14.9. The summed E-state index contributed by atoms with van der Waals surface area (Å²) in [5.41, 5.74) is 20.8. The van der Waals surface area contributed by atoms with Crippen LogP contribution in [0.3, 0.4) is 0 Å². The summed E-state index contributed by atoms with van der Waals surface area (Å²) in [6.45, 7) is 53.7. The Morgan fingerprint density at radius 3 is 1.00 bits per heavy atom. The van der Waals surface area contributed by atoms with Crippen molar-refractivity contribution < 1.29 is 60.8 Å². The maximum Gasteiger partial charge on any atom is 0.519 e. The summed E-state index contributed by atoms with van der Waals surface area (Å²) in [5, 5.41) is 22.4. The molecule has 15 rings (SSSR count). The third kappa shape index (κ3) is 48.7. The van der Waals surface area contributed by atoms with Crippen molar-refractivity contribution in [3.05, 3.63) is 323 Å². The first-order chi connectivity index (χ1) is 67.0. The molecule has 0 unspecified atom stereocenters. The van der Waals surface area contributed by atoms with E-state index in [4.69, 9.17) is 43.1 Å². The van der Waals surface area contributed by atoms with E-state index < -0.39 is 82.4 Å². The highest BCUT2D eigenvalue weighted by Crippen LogP contribution is 2.43. The Kier molecular flexibility index (Phi) is 61.3. The molecule has 5 fully saturated rings. The topological polar surface area (TPSA) is 191 Å². The Morgan fingerprint density at radius 2 is 0.687 bits per heavy atom. The number of hydrogen-bond donors (Lipinski definition) is 4. The van der Waals surface area contributed by atoms with Gasteiger partial charge in [0.1, 0.15) is 93.8 Å². The average molecular weight is 2370 g/mol. The lowest BCUT2D eigenvalue weighted by molar-refractivity contribution is -0.121. The fourth-order valence-corrected chi connectivity index (χ4v) is 53.5. The number of carbonyl (C=O) groups excluding carboxylic acids is 3. The highest BCUT2D eigenvalue weighted by molar-refractivity contribution is 9.10. The fourth-order valence-electron chi connectivity index (χ4n) is 18.4. The molecule has 0 radical (unpaired) electrons. The maximum atomic E-state index is 14.9. The molecule has 32 heteroatoms. The van der Waals surface area contributed by atoms with E-state index in [1.165, 1.54) is 70.2 Å². The number of ketones is 1. The van der Waals surface area contributed by atoms with Gasteiger partial charge < -0.3 is 44.4 Å². The smallest absolute Gasteiger partial charge is 0.428 e. The Balaban J connectivity index is 0.000000873. The largest absolute Gasteiger partial charge is 0.519 e. The van der Waals surface area contributed by atoms with Crippen molar-refractivity contribution in [2.24, 2.45) is 11.5 Å². The summed E-state index contributed by atoms with van der Waals surface area (Å²) >= 11 is 18.6. The predicted molar refractivity (Wildman–Crippen MR) is 650 cm³/mol. The van der Waals surface area contributed by atoms with Gasteiger partial charge in [-0.05, 0) is 264 Å². The zero-order valence-corrected chi connectivity index (χ0v) is 100.0. The molecule has 0 bridgehead atoms. The van der Waals surface area contributed by atoms with E-state index in [1.54, 1.807) is 77.9 Å². The molecule has 0 aromatic heterocycles. The molecular weight excluding hydrogens is 2190 g/mol. The Bertz CT molecular complexity index is 5450. The first-order valence-electron chi connectivity index (χ1n) is 50.4. The normalized spacial score (nSPS) is 17.0. The number of nitrogens with two attached hydrogens (primary N) is 2. The molecular formula is C118H184Br2Cl3F5N8O8Si6. The molecule has 0 atom stereocenters. The van der Waals surface area contributed by atoms with Crippen LogP contribution in [-0.2, 0) is 89.0 Å². The van der Waals surface area contributed by atoms with E-state index in [1.807, 2.05) is 79.7 Å². The van der Waals surface area contributed by atoms with Gasteiger partial charge in [-0.1, -0.05) is 288 Å². The average Bonchev–Trinajstić information content (AvgIpc) is 1.29. The molecule has 0 spiro atoms. The van der Waals surface area contributed by atoms with Crippen LogP contribution in [0.2, 0.25) is 115 Å². The third-order valence-electron chi connectivity index (χ3n) is 26.9. The van der Waals surface area contributed by atoms with Gasteiger partial charge in [0.25, 0.3) is 0 Å². The number of benzene rings is 9. The molecule has 6 heterocycles. The van der Waals surface area contributed by atoms with Crippen molar-refractivity contribution in [3.8, 4) is 0 Å². The van der Waals surface area contributed by atoms with Crippen LogP contribution in [0, 0.1) is 29.1 Å². The number of piperidine rings is 3. The Morgan fingerprint density at radius 1 is 0.400 bits per heavy atom. The number of Topliss-reactive ketones (excluding diaryl/α,β-unsaturated/α-hetero) is 1. The quantitative estimate of drug-likeness (QED) is 0.0174. The number of nitrogens with zero attached hydrogens (tertiary/aromatic N) is 6. The van der Waals surface area contributed by atoms with Crippen LogP contribution in [0.25, 0.3) is 5.57 Å². The van der Waals surface area contributed by atoms with E-state index in [9.17, 15) is 46.5 Å². The van der Waals surface area contributed by atoms with Crippen LogP contribution in [0.15, 0.2) is 227 Å². The van der Waals surface area contributed by atoms with Crippen LogP contribution in [0.4, 0.5) is 31.5 Å². The fraction of sp³-hybridized carbons (Fsp3) is 0.500. The summed E-state index contributed by atoms with van der Waals surface area (Å²) < 4.78 is 89.4. The summed E-state index contributed by atoms with van der Waals surface area (Å²) in [5.74, 6) is -0.724.